The van der Waals surface area contributed by atoms with Crippen molar-refractivity contribution in [3.05, 3.63) is 52.2 Å². The van der Waals surface area contributed by atoms with E-state index < -0.39 is 102 Å². The van der Waals surface area contributed by atoms with Gasteiger partial charge in [-0.2, -0.15) is 0 Å². The molecule has 0 amide bonds. The summed E-state index contributed by atoms with van der Waals surface area (Å²) < 4.78 is 22.3. The number of aliphatic hydroxyl groups is 7. The average molecular weight is 594 g/mol. The molecule has 0 saturated carbocycles. The van der Waals surface area contributed by atoms with E-state index in [1.807, 2.05) is 0 Å². The molecule has 0 spiro atoms. The van der Waals surface area contributed by atoms with E-state index in [0.717, 1.165) is 12.1 Å². The van der Waals surface area contributed by atoms with Crippen LogP contribution in [0.25, 0.3) is 22.3 Å². The van der Waals surface area contributed by atoms with E-state index in [1.165, 1.54) is 24.3 Å². The lowest BCUT2D eigenvalue weighted by Crippen LogP contribution is -2.62. The van der Waals surface area contributed by atoms with Gasteiger partial charge in [-0.15, -0.1) is 0 Å². The fourth-order valence-corrected chi connectivity index (χ4v) is 5.14. The van der Waals surface area contributed by atoms with Gasteiger partial charge in [-0.1, -0.05) is 5.75 Å². The van der Waals surface area contributed by atoms with Gasteiger partial charge in [-0.25, -0.2) is 0 Å². The highest BCUT2D eigenvalue weighted by Gasteiger charge is 2.51. The first-order valence-corrected chi connectivity index (χ1v) is 12.8. The maximum absolute atomic E-state index is 13.7. The van der Waals surface area contributed by atoms with Crippen LogP contribution in [0.3, 0.4) is 0 Å². The minimum Gasteiger partial charge on any atom is -0.872 e. The number of hydrogen-bond donors (Lipinski definition) is 9. The second-order valence-electron chi connectivity index (χ2n) is 10.1. The molecule has 1 aromatic heterocycles. The number of benzene rings is 2. The fourth-order valence-electron chi connectivity index (χ4n) is 5.14. The zero-order chi connectivity index (χ0) is 30.5. The number of fused-ring (bicyclic) bond motifs is 1. The van der Waals surface area contributed by atoms with E-state index in [0.29, 0.717) is 5.56 Å². The number of aliphatic hydroxyl groups excluding tert-OH is 7. The fraction of sp³-hybridized carbons (Fsp3) is 0.444. The first kappa shape index (κ1) is 30.1. The van der Waals surface area contributed by atoms with Crippen molar-refractivity contribution in [3.63, 3.8) is 0 Å². The Hall–Kier alpha value is -3.35. The third-order valence-electron chi connectivity index (χ3n) is 7.43. The summed E-state index contributed by atoms with van der Waals surface area (Å²) in [5.41, 5.74) is -1.36. The second kappa shape index (κ2) is 11.7. The van der Waals surface area contributed by atoms with Gasteiger partial charge in [0.05, 0.1) is 18.6 Å². The molecule has 3 heterocycles. The predicted octanol–water partition coefficient (Wildman–Crippen LogP) is -2.72. The van der Waals surface area contributed by atoms with E-state index in [2.05, 4.69) is 0 Å². The molecular formula is C27H29O15-. The lowest BCUT2D eigenvalue weighted by atomic mass is 9.89. The molecule has 2 aliphatic rings. The topological polar surface area (TPSA) is 263 Å². The van der Waals surface area contributed by atoms with Crippen LogP contribution < -0.4 is 10.5 Å². The summed E-state index contributed by atoms with van der Waals surface area (Å²) in [4.78, 5) is 13.1. The molecule has 42 heavy (non-hydrogen) atoms. The number of rotatable bonds is 6. The zero-order valence-electron chi connectivity index (χ0n) is 21.6. The highest BCUT2D eigenvalue weighted by molar-refractivity contribution is 5.87. The lowest BCUT2D eigenvalue weighted by Gasteiger charge is -2.47. The van der Waals surface area contributed by atoms with Crippen molar-refractivity contribution in [3.8, 4) is 28.6 Å². The standard InChI is InChI=1S/C27H30O15/c28-7-15-20(34)23(37)26(42-27-24(38)22(36)19(33)16(8-29)41-27)25(40-15)18-12(32)6-14-17(21(18)35)11(31)5-13(39-14)9-1-3-10(30)4-2-9/h1-6,15-16,19-20,22-30,32-38H,7-8H2/p-1/t15-,16-,19-,20-,22+,23+,24-,25+,26-,27+/m1/s1. The maximum atomic E-state index is 13.7. The smallest absolute Gasteiger partial charge is 0.192 e. The van der Waals surface area contributed by atoms with Crippen LogP contribution in [0.1, 0.15) is 11.7 Å². The van der Waals surface area contributed by atoms with Gasteiger partial charge in [0.25, 0.3) is 0 Å². The molecule has 228 valence electrons. The lowest BCUT2D eigenvalue weighted by molar-refractivity contribution is -0.344. The Labute approximate surface area is 236 Å². The minimum atomic E-state index is -1.95. The van der Waals surface area contributed by atoms with E-state index in [9.17, 15) is 55.9 Å². The van der Waals surface area contributed by atoms with Gasteiger partial charge in [0.1, 0.15) is 77.8 Å². The number of hydrogen-bond acceptors (Lipinski definition) is 15. The third kappa shape index (κ3) is 5.20. The molecule has 3 aromatic rings. The second-order valence-corrected chi connectivity index (χ2v) is 10.1. The van der Waals surface area contributed by atoms with Gasteiger partial charge in [0.2, 0.25) is 0 Å². The Kier molecular flexibility index (Phi) is 8.41. The molecule has 2 aliphatic heterocycles. The van der Waals surface area contributed by atoms with Crippen molar-refractivity contribution in [1.29, 1.82) is 0 Å². The Balaban J connectivity index is 1.58. The number of phenolic OH excluding ortho intramolecular Hbond substituents is 2. The van der Waals surface area contributed by atoms with Crippen molar-refractivity contribution in [2.75, 3.05) is 13.2 Å². The molecule has 0 unspecified atom stereocenters. The van der Waals surface area contributed by atoms with Gasteiger partial charge < -0.3 is 69.7 Å². The Bertz CT molecular complexity index is 1470. The molecule has 15 heteroatoms. The van der Waals surface area contributed by atoms with E-state index >= 15 is 0 Å². The Morgan fingerprint density at radius 1 is 0.810 bits per heavy atom. The van der Waals surface area contributed by atoms with Crippen LogP contribution in [0.5, 0.6) is 17.2 Å². The Morgan fingerprint density at radius 3 is 2.07 bits per heavy atom. The third-order valence-corrected chi connectivity index (χ3v) is 7.43. The van der Waals surface area contributed by atoms with Gasteiger partial charge in [-0.05, 0) is 24.3 Å². The summed E-state index contributed by atoms with van der Waals surface area (Å²) in [5, 5.41) is 105. The molecule has 0 radical (unpaired) electrons. The highest BCUT2D eigenvalue weighted by atomic mass is 16.7. The largest absolute Gasteiger partial charge is 0.872 e. The SMILES string of the molecule is O=c1cc(-c2ccc(O)cc2)oc2cc(O)c([C@@H]3O[C@H](CO)[C@@H](O)[C@H](O)[C@H]3O[C@@H]3O[C@H](CO)[C@@H](O)[C@H](O)[C@H]3O)c([O-])c12. The van der Waals surface area contributed by atoms with Gasteiger partial charge in [-0.3, -0.25) is 4.79 Å². The number of phenols is 2. The van der Waals surface area contributed by atoms with Crippen molar-refractivity contribution in [2.45, 2.75) is 61.2 Å². The first-order valence-electron chi connectivity index (χ1n) is 12.8. The molecule has 9 N–H and O–H groups in total. The van der Waals surface area contributed by atoms with Crippen molar-refractivity contribution in [2.24, 2.45) is 0 Å². The maximum Gasteiger partial charge on any atom is 0.192 e. The zero-order valence-corrected chi connectivity index (χ0v) is 21.6. The summed E-state index contributed by atoms with van der Waals surface area (Å²) in [6, 6.07) is 7.61. The van der Waals surface area contributed by atoms with Crippen LogP contribution in [0.15, 0.2) is 45.6 Å². The van der Waals surface area contributed by atoms with E-state index in [1.54, 1.807) is 0 Å². The van der Waals surface area contributed by atoms with Crippen LogP contribution in [0.4, 0.5) is 0 Å². The summed E-state index contributed by atoms with van der Waals surface area (Å²) in [6.45, 7) is -1.65. The minimum absolute atomic E-state index is 0.0238. The quantitative estimate of drug-likeness (QED) is 0.141. The highest BCUT2D eigenvalue weighted by Crippen LogP contribution is 2.45. The molecule has 2 saturated heterocycles. The van der Waals surface area contributed by atoms with Crippen molar-refractivity contribution < 1.29 is 69.7 Å². The van der Waals surface area contributed by atoms with Gasteiger partial charge in [0.15, 0.2) is 11.7 Å². The Morgan fingerprint density at radius 2 is 1.43 bits per heavy atom. The summed E-state index contributed by atoms with van der Waals surface area (Å²) >= 11 is 0. The summed E-state index contributed by atoms with van der Waals surface area (Å²) in [5.74, 6) is -1.88. The molecule has 2 aromatic carbocycles. The van der Waals surface area contributed by atoms with Crippen molar-refractivity contribution in [1.82, 2.24) is 0 Å². The molecule has 0 bridgehead atoms. The first-order chi connectivity index (χ1) is 20.0. The normalized spacial score (nSPS) is 33.6. The number of aromatic hydroxyl groups is 2. The van der Waals surface area contributed by atoms with Crippen LogP contribution >= 0.6 is 0 Å². The van der Waals surface area contributed by atoms with Gasteiger partial charge >= 0.3 is 0 Å². The summed E-state index contributed by atoms with van der Waals surface area (Å²) in [7, 11) is 0. The van der Waals surface area contributed by atoms with E-state index in [4.69, 9.17) is 18.6 Å². The molecule has 5 rings (SSSR count). The molecular weight excluding hydrogens is 564 g/mol. The van der Waals surface area contributed by atoms with Crippen molar-refractivity contribution >= 4 is 11.0 Å². The summed E-state index contributed by atoms with van der Waals surface area (Å²) in [6.07, 6.45) is -17.7. The van der Waals surface area contributed by atoms with Gasteiger partial charge in [0, 0.05) is 23.3 Å². The molecule has 2 fully saturated rings. The van der Waals surface area contributed by atoms with Crippen LogP contribution in [-0.4, -0.2) is 114 Å². The monoisotopic (exact) mass is 593 g/mol. The molecule has 15 nitrogen and oxygen atoms in total. The number of ether oxygens (including phenoxy) is 3. The van der Waals surface area contributed by atoms with Crippen LogP contribution in [0, 0.1) is 0 Å². The van der Waals surface area contributed by atoms with Crippen LogP contribution in [0.2, 0.25) is 0 Å². The average Bonchev–Trinajstić information content (AvgIpc) is 2.96. The van der Waals surface area contributed by atoms with E-state index in [-0.39, 0.29) is 17.1 Å². The predicted molar refractivity (Wildman–Crippen MR) is 136 cm³/mol. The van der Waals surface area contributed by atoms with Crippen LogP contribution in [-0.2, 0) is 14.2 Å². The molecule has 10 atom stereocenters. The molecule has 0 aliphatic carbocycles.